The van der Waals surface area contributed by atoms with Crippen molar-refractivity contribution in [3.63, 3.8) is 0 Å². The molecule has 3 heterocycles. The van der Waals surface area contributed by atoms with Crippen molar-refractivity contribution in [3.05, 3.63) is 41.0 Å². The zero-order valence-corrected chi connectivity index (χ0v) is 12.2. The van der Waals surface area contributed by atoms with Crippen LogP contribution >= 0.6 is 11.3 Å². The molecule has 0 aliphatic carbocycles. The maximum atomic E-state index is 11.4. The van der Waals surface area contributed by atoms with Crippen molar-refractivity contribution in [2.75, 3.05) is 13.2 Å². The lowest BCUT2D eigenvalue weighted by atomic mass is 10.1. The highest BCUT2D eigenvalue weighted by atomic mass is 32.1. The number of pyridine rings is 1. The molecule has 0 spiro atoms. The Labute approximate surface area is 121 Å². The van der Waals surface area contributed by atoms with Gasteiger partial charge in [-0.3, -0.25) is 9.78 Å². The number of aromatic nitrogens is 1. The Bertz CT molecular complexity index is 644. The fourth-order valence-electron chi connectivity index (χ4n) is 2.16. The third-order valence-electron chi connectivity index (χ3n) is 3.32. The number of carbonyl (C=O) groups excluding carboxylic acids is 1. The van der Waals surface area contributed by atoms with Gasteiger partial charge in [0, 0.05) is 28.4 Å². The molecule has 1 aliphatic rings. The topological polar surface area (TPSA) is 48.4 Å². The van der Waals surface area contributed by atoms with Gasteiger partial charge in [-0.2, -0.15) is 0 Å². The lowest BCUT2D eigenvalue weighted by Gasteiger charge is -2.20. The summed E-state index contributed by atoms with van der Waals surface area (Å²) in [7, 11) is 0. The molecule has 3 rings (SSSR count). The van der Waals surface area contributed by atoms with Gasteiger partial charge in [0.2, 0.25) is 5.79 Å². The molecule has 20 heavy (non-hydrogen) atoms. The molecule has 1 saturated heterocycles. The molecule has 0 aromatic carbocycles. The molecular weight excluding hydrogens is 274 g/mol. The third-order valence-corrected chi connectivity index (χ3v) is 4.64. The monoisotopic (exact) mass is 289 g/mol. The number of rotatable bonds is 3. The van der Waals surface area contributed by atoms with Crippen LogP contribution in [0.4, 0.5) is 0 Å². The first-order valence-corrected chi connectivity index (χ1v) is 7.25. The van der Waals surface area contributed by atoms with Gasteiger partial charge in [-0.05, 0) is 32.0 Å². The largest absolute Gasteiger partial charge is 0.343 e. The predicted molar refractivity (Wildman–Crippen MR) is 76.8 cm³/mol. The molecule has 0 N–H and O–H groups in total. The second kappa shape index (κ2) is 5.09. The van der Waals surface area contributed by atoms with Gasteiger partial charge < -0.3 is 9.47 Å². The second-order valence-corrected chi connectivity index (χ2v) is 5.91. The number of hydrogen-bond acceptors (Lipinski definition) is 5. The van der Waals surface area contributed by atoms with Crippen molar-refractivity contribution in [2.24, 2.45) is 0 Å². The molecule has 4 nitrogen and oxygen atoms in total. The molecule has 1 aliphatic heterocycles. The van der Waals surface area contributed by atoms with Gasteiger partial charge in [0.1, 0.15) is 0 Å². The molecule has 0 radical (unpaired) electrons. The highest BCUT2D eigenvalue weighted by molar-refractivity contribution is 7.15. The lowest BCUT2D eigenvalue weighted by molar-refractivity contribution is -0.146. The number of carbonyl (C=O) groups is 1. The van der Waals surface area contributed by atoms with E-state index in [4.69, 9.17) is 9.47 Å². The Morgan fingerprint density at radius 1 is 1.30 bits per heavy atom. The normalized spacial score (nSPS) is 17.3. The number of nitrogens with zero attached hydrogens (tertiary/aromatic N) is 1. The van der Waals surface area contributed by atoms with Crippen molar-refractivity contribution < 1.29 is 14.3 Å². The Balaban J connectivity index is 1.94. The predicted octanol–water partition coefficient (Wildman–Crippen LogP) is 3.23. The van der Waals surface area contributed by atoms with E-state index < -0.39 is 5.79 Å². The Kier molecular flexibility index (Phi) is 3.41. The number of hydrogen-bond donors (Lipinski definition) is 0. The minimum atomic E-state index is -0.644. The molecule has 0 atom stereocenters. The maximum Gasteiger partial charge on any atom is 0.201 e. The minimum Gasteiger partial charge on any atom is -0.343 e. The average molecular weight is 289 g/mol. The smallest absolute Gasteiger partial charge is 0.201 e. The van der Waals surface area contributed by atoms with Crippen molar-refractivity contribution in [2.45, 2.75) is 19.6 Å². The van der Waals surface area contributed by atoms with E-state index >= 15 is 0 Å². The van der Waals surface area contributed by atoms with E-state index in [1.54, 1.807) is 30.7 Å². The summed E-state index contributed by atoms with van der Waals surface area (Å²) in [5.41, 5.74) is 1.56. The molecular formula is C15H15NO3S. The number of Topliss-reactive ketones (excluding diaryl/α,β-unsaturated/α-hetero) is 1. The van der Waals surface area contributed by atoms with E-state index in [1.165, 1.54) is 0 Å². The third kappa shape index (κ3) is 2.40. The van der Waals surface area contributed by atoms with Crippen molar-refractivity contribution in [3.8, 4) is 10.4 Å². The highest BCUT2D eigenvalue weighted by Crippen LogP contribution is 2.38. The Morgan fingerprint density at radius 3 is 2.75 bits per heavy atom. The maximum absolute atomic E-state index is 11.4. The van der Waals surface area contributed by atoms with E-state index in [0.29, 0.717) is 18.8 Å². The summed E-state index contributed by atoms with van der Waals surface area (Å²) in [5, 5.41) is 0. The highest BCUT2D eigenvalue weighted by Gasteiger charge is 2.34. The summed E-state index contributed by atoms with van der Waals surface area (Å²) in [6, 6.07) is 5.88. The first-order chi connectivity index (χ1) is 9.58. The van der Waals surface area contributed by atoms with E-state index in [2.05, 4.69) is 4.98 Å². The van der Waals surface area contributed by atoms with Gasteiger partial charge in [0.05, 0.1) is 18.1 Å². The van der Waals surface area contributed by atoms with Crippen LogP contribution in [0.3, 0.4) is 0 Å². The Hall–Kier alpha value is -1.56. The van der Waals surface area contributed by atoms with Crippen LogP contribution in [0.2, 0.25) is 0 Å². The SMILES string of the molecule is CC(=O)c1cncc(-c2ccc(C3(C)OCCO3)s2)c1. The van der Waals surface area contributed by atoms with E-state index in [9.17, 15) is 4.79 Å². The van der Waals surface area contributed by atoms with Crippen LogP contribution in [0, 0.1) is 0 Å². The standard InChI is InChI=1S/C15H15NO3S/c1-10(17)11-7-12(9-16-8-11)13-3-4-14(20-13)15(2)18-5-6-19-15/h3-4,7-9H,5-6H2,1-2H3. The van der Waals surface area contributed by atoms with Crippen molar-refractivity contribution in [1.29, 1.82) is 0 Å². The fourth-order valence-corrected chi connectivity index (χ4v) is 3.20. The van der Waals surface area contributed by atoms with Gasteiger partial charge in [0.25, 0.3) is 0 Å². The van der Waals surface area contributed by atoms with Crippen LogP contribution < -0.4 is 0 Å². The first kappa shape index (κ1) is 13.4. The first-order valence-electron chi connectivity index (χ1n) is 6.43. The zero-order chi connectivity index (χ0) is 14.2. The van der Waals surface area contributed by atoms with Gasteiger partial charge >= 0.3 is 0 Å². The molecule has 0 saturated carbocycles. The molecule has 2 aromatic heterocycles. The van der Waals surface area contributed by atoms with Gasteiger partial charge in [-0.1, -0.05) is 0 Å². The molecule has 5 heteroatoms. The van der Waals surface area contributed by atoms with E-state index in [0.717, 1.165) is 15.3 Å². The van der Waals surface area contributed by atoms with Crippen LogP contribution in [-0.4, -0.2) is 24.0 Å². The summed E-state index contributed by atoms with van der Waals surface area (Å²) < 4.78 is 11.3. The number of ketones is 1. The van der Waals surface area contributed by atoms with Crippen LogP contribution in [0.5, 0.6) is 0 Å². The second-order valence-electron chi connectivity index (χ2n) is 4.83. The molecule has 0 amide bonds. The number of ether oxygens (including phenoxy) is 2. The van der Waals surface area contributed by atoms with Crippen molar-refractivity contribution in [1.82, 2.24) is 4.98 Å². The summed E-state index contributed by atoms with van der Waals surface area (Å²) in [6.07, 6.45) is 3.35. The minimum absolute atomic E-state index is 0.0190. The zero-order valence-electron chi connectivity index (χ0n) is 11.4. The fraction of sp³-hybridized carbons (Fsp3) is 0.333. The number of thiophene rings is 1. The van der Waals surface area contributed by atoms with Crippen LogP contribution in [0.25, 0.3) is 10.4 Å². The van der Waals surface area contributed by atoms with E-state index in [-0.39, 0.29) is 5.78 Å². The molecule has 0 bridgehead atoms. The van der Waals surface area contributed by atoms with Crippen LogP contribution in [0.1, 0.15) is 29.1 Å². The Morgan fingerprint density at radius 2 is 2.05 bits per heavy atom. The van der Waals surface area contributed by atoms with Gasteiger partial charge in [-0.15, -0.1) is 11.3 Å². The summed E-state index contributed by atoms with van der Waals surface area (Å²) in [6.45, 7) is 4.71. The molecule has 0 unspecified atom stereocenters. The van der Waals surface area contributed by atoms with E-state index in [1.807, 2.05) is 25.1 Å². The van der Waals surface area contributed by atoms with Crippen LogP contribution in [0.15, 0.2) is 30.6 Å². The summed E-state index contributed by atoms with van der Waals surface area (Å²) in [4.78, 5) is 17.6. The van der Waals surface area contributed by atoms with Gasteiger partial charge in [-0.25, -0.2) is 0 Å². The summed E-state index contributed by atoms with van der Waals surface area (Å²) >= 11 is 1.60. The summed E-state index contributed by atoms with van der Waals surface area (Å²) in [5.74, 6) is -0.625. The average Bonchev–Trinajstić information content (AvgIpc) is 3.08. The molecule has 104 valence electrons. The quantitative estimate of drug-likeness (QED) is 0.814. The van der Waals surface area contributed by atoms with Gasteiger partial charge in [0.15, 0.2) is 5.78 Å². The lowest BCUT2D eigenvalue weighted by Crippen LogP contribution is -2.20. The molecule has 2 aromatic rings. The van der Waals surface area contributed by atoms with Crippen LogP contribution in [-0.2, 0) is 15.3 Å². The molecule has 1 fully saturated rings. The van der Waals surface area contributed by atoms with Crippen molar-refractivity contribution >= 4 is 17.1 Å².